The van der Waals surface area contributed by atoms with Crippen molar-refractivity contribution >= 4 is 11.6 Å². The number of ketones is 2. The number of hydrogen-bond donors (Lipinski definition) is 0. The van der Waals surface area contributed by atoms with Crippen molar-refractivity contribution in [2.24, 2.45) is 10.8 Å². The first-order valence-corrected chi connectivity index (χ1v) is 7.28. The second kappa shape index (κ2) is 3.76. The van der Waals surface area contributed by atoms with E-state index in [-0.39, 0.29) is 18.2 Å². The maximum absolute atomic E-state index is 12.7. The van der Waals surface area contributed by atoms with E-state index in [4.69, 9.17) is 14.2 Å². The molecule has 5 nitrogen and oxygen atoms in total. The summed E-state index contributed by atoms with van der Waals surface area (Å²) >= 11 is 0. The highest BCUT2D eigenvalue weighted by molar-refractivity contribution is 6.19. The minimum absolute atomic E-state index is 0.117. The van der Waals surface area contributed by atoms with Gasteiger partial charge in [-0.2, -0.15) is 0 Å². The summed E-state index contributed by atoms with van der Waals surface area (Å²) in [5, 5.41) is 0. The molecule has 1 atom stereocenters. The fourth-order valence-electron chi connectivity index (χ4n) is 3.61. The molecule has 0 amide bonds. The SMILES string of the molecule is CC1(C)OCC2(CC3=C(O2)C(C)(C)C(=O)C(C)(C)C3=O)O1. The molecule has 0 N–H and O–H groups in total. The molecule has 3 aliphatic rings. The van der Waals surface area contributed by atoms with Crippen molar-refractivity contribution in [3.8, 4) is 0 Å². The second-order valence-corrected chi connectivity index (χ2v) is 7.70. The zero-order chi connectivity index (χ0) is 15.8. The molecular weight excluding hydrogens is 272 g/mol. The van der Waals surface area contributed by atoms with Crippen LogP contribution in [-0.2, 0) is 23.8 Å². The van der Waals surface area contributed by atoms with Crippen LogP contribution in [0.4, 0.5) is 0 Å². The standard InChI is InChI=1S/C16H22O5/c1-13(2)10(17)9-7-16(8-19-15(5,6)21-16)20-11(9)14(3,4)12(13)18/h7-8H2,1-6H3. The van der Waals surface area contributed by atoms with Gasteiger partial charge in [0.2, 0.25) is 5.79 Å². The molecule has 0 aromatic carbocycles. The Morgan fingerprint density at radius 1 is 0.952 bits per heavy atom. The lowest BCUT2D eigenvalue weighted by Crippen LogP contribution is -2.48. The van der Waals surface area contributed by atoms with Gasteiger partial charge in [0, 0.05) is 12.0 Å². The number of ether oxygens (including phenoxy) is 3. The van der Waals surface area contributed by atoms with E-state index < -0.39 is 22.4 Å². The van der Waals surface area contributed by atoms with E-state index in [9.17, 15) is 9.59 Å². The molecule has 3 rings (SSSR count). The van der Waals surface area contributed by atoms with Crippen molar-refractivity contribution in [2.75, 3.05) is 6.61 Å². The highest BCUT2D eigenvalue weighted by Crippen LogP contribution is 2.54. The van der Waals surface area contributed by atoms with Gasteiger partial charge in [-0.3, -0.25) is 9.59 Å². The van der Waals surface area contributed by atoms with Gasteiger partial charge in [0.1, 0.15) is 12.4 Å². The summed E-state index contributed by atoms with van der Waals surface area (Å²) < 4.78 is 17.5. The number of rotatable bonds is 0. The van der Waals surface area contributed by atoms with Crippen LogP contribution in [0.2, 0.25) is 0 Å². The van der Waals surface area contributed by atoms with E-state index >= 15 is 0 Å². The molecule has 1 aliphatic carbocycles. The molecule has 0 aromatic rings. The van der Waals surface area contributed by atoms with Gasteiger partial charge in [-0.05, 0) is 41.5 Å². The molecule has 1 unspecified atom stereocenters. The number of hydrogen-bond acceptors (Lipinski definition) is 5. The molecule has 1 spiro atoms. The Morgan fingerprint density at radius 3 is 2.10 bits per heavy atom. The fraction of sp³-hybridized carbons (Fsp3) is 0.750. The third-order valence-corrected chi connectivity index (χ3v) is 4.62. The van der Waals surface area contributed by atoms with E-state index in [1.165, 1.54) is 0 Å². The molecule has 5 heteroatoms. The number of Topliss-reactive ketones (excluding diaryl/α,β-unsaturated/α-hetero) is 2. The third kappa shape index (κ3) is 1.83. The van der Waals surface area contributed by atoms with Crippen LogP contribution in [0.1, 0.15) is 48.0 Å². The van der Waals surface area contributed by atoms with Crippen LogP contribution in [-0.4, -0.2) is 29.7 Å². The van der Waals surface area contributed by atoms with Crippen molar-refractivity contribution in [3.05, 3.63) is 11.3 Å². The van der Waals surface area contributed by atoms with Crippen LogP contribution in [0.5, 0.6) is 0 Å². The molecule has 0 aromatic heterocycles. The topological polar surface area (TPSA) is 61.8 Å². The summed E-state index contributed by atoms with van der Waals surface area (Å²) in [4.78, 5) is 25.3. The fourth-order valence-corrected chi connectivity index (χ4v) is 3.61. The summed E-state index contributed by atoms with van der Waals surface area (Å²) in [6, 6.07) is 0. The summed E-state index contributed by atoms with van der Waals surface area (Å²) in [7, 11) is 0. The van der Waals surface area contributed by atoms with Gasteiger partial charge in [0.05, 0.1) is 10.8 Å². The Balaban J connectivity index is 2.03. The second-order valence-electron chi connectivity index (χ2n) is 7.70. The Kier molecular flexibility index (Phi) is 2.64. The van der Waals surface area contributed by atoms with Crippen LogP contribution < -0.4 is 0 Å². The van der Waals surface area contributed by atoms with Gasteiger partial charge in [0.25, 0.3) is 0 Å². The van der Waals surface area contributed by atoms with E-state index in [1.54, 1.807) is 27.7 Å². The number of carbonyl (C=O) groups is 2. The van der Waals surface area contributed by atoms with Crippen LogP contribution in [0, 0.1) is 10.8 Å². The lowest BCUT2D eigenvalue weighted by molar-refractivity contribution is -0.232. The first-order chi connectivity index (χ1) is 9.41. The number of allylic oxidation sites excluding steroid dienone is 1. The largest absolute Gasteiger partial charge is 0.462 e. The van der Waals surface area contributed by atoms with Crippen LogP contribution >= 0.6 is 0 Å². The molecule has 0 bridgehead atoms. The predicted molar refractivity (Wildman–Crippen MR) is 74.2 cm³/mol. The van der Waals surface area contributed by atoms with Gasteiger partial charge in [0.15, 0.2) is 17.4 Å². The van der Waals surface area contributed by atoms with Gasteiger partial charge >= 0.3 is 0 Å². The lowest BCUT2D eigenvalue weighted by Gasteiger charge is -2.37. The quantitative estimate of drug-likeness (QED) is 0.642. The molecule has 1 saturated heterocycles. The number of carbonyl (C=O) groups excluding carboxylic acids is 2. The van der Waals surface area contributed by atoms with E-state index in [0.717, 1.165) is 0 Å². The summed E-state index contributed by atoms with van der Waals surface area (Å²) in [5.74, 6) is -1.54. The maximum atomic E-state index is 12.7. The summed E-state index contributed by atoms with van der Waals surface area (Å²) in [6.45, 7) is 10.9. The Hall–Kier alpha value is -1.20. The van der Waals surface area contributed by atoms with Crippen LogP contribution in [0.25, 0.3) is 0 Å². The Bertz CT molecular complexity index is 581. The molecular formula is C16H22O5. The van der Waals surface area contributed by atoms with E-state index in [1.807, 2.05) is 13.8 Å². The molecule has 2 aliphatic heterocycles. The Morgan fingerprint density at radius 2 is 1.57 bits per heavy atom. The zero-order valence-electron chi connectivity index (χ0n) is 13.5. The smallest absolute Gasteiger partial charge is 0.240 e. The van der Waals surface area contributed by atoms with Crippen LogP contribution in [0.3, 0.4) is 0 Å². The molecule has 2 heterocycles. The van der Waals surface area contributed by atoms with Gasteiger partial charge < -0.3 is 14.2 Å². The highest BCUT2D eigenvalue weighted by atomic mass is 16.8. The molecule has 0 saturated carbocycles. The lowest BCUT2D eigenvalue weighted by atomic mass is 9.63. The molecule has 1 fully saturated rings. The monoisotopic (exact) mass is 294 g/mol. The normalized spacial score (nSPS) is 36.1. The Labute approximate surface area is 124 Å². The third-order valence-electron chi connectivity index (χ3n) is 4.62. The highest BCUT2D eigenvalue weighted by Gasteiger charge is 2.62. The van der Waals surface area contributed by atoms with Crippen molar-refractivity contribution in [2.45, 2.75) is 59.5 Å². The van der Waals surface area contributed by atoms with Gasteiger partial charge in [-0.15, -0.1) is 0 Å². The molecule has 21 heavy (non-hydrogen) atoms. The minimum Gasteiger partial charge on any atom is -0.462 e. The van der Waals surface area contributed by atoms with Crippen molar-refractivity contribution < 1.29 is 23.8 Å². The van der Waals surface area contributed by atoms with Gasteiger partial charge in [-0.1, -0.05) is 0 Å². The zero-order valence-corrected chi connectivity index (χ0v) is 13.5. The van der Waals surface area contributed by atoms with Crippen molar-refractivity contribution in [1.82, 2.24) is 0 Å². The van der Waals surface area contributed by atoms with Gasteiger partial charge in [-0.25, -0.2) is 0 Å². The van der Waals surface area contributed by atoms with Crippen molar-refractivity contribution in [3.63, 3.8) is 0 Å². The van der Waals surface area contributed by atoms with E-state index in [0.29, 0.717) is 17.8 Å². The van der Waals surface area contributed by atoms with E-state index in [2.05, 4.69) is 0 Å². The first kappa shape index (κ1) is 14.7. The maximum Gasteiger partial charge on any atom is 0.240 e. The minimum atomic E-state index is -1.02. The first-order valence-electron chi connectivity index (χ1n) is 7.28. The summed E-state index contributed by atoms with van der Waals surface area (Å²) in [6.07, 6.45) is 0.338. The van der Waals surface area contributed by atoms with Crippen LogP contribution in [0.15, 0.2) is 11.3 Å². The average Bonchev–Trinajstić information content (AvgIpc) is 2.87. The van der Waals surface area contributed by atoms with Crippen molar-refractivity contribution in [1.29, 1.82) is 0 Å². The molecule has 0 radical (unpaired) electrons. The summed E-state index contributed by atoms with van der Waals surface area (Å²) in [5.41, 5.74) is -1.27. The average molecular weight is 294 g/mol. The molecule has 116 valence electrons. The predicted octanol–water partition coefficient (Wildman–Crippen LogP) is 2.34.